The average molecular weight is 535 g/mol. The zero-order chi connectivity index (χ0) is 27.1. The van der Waals surface area contributed by atoms with E-state index in [0.717, 1.165) is 50.2 Å². The molecule has 2 amide bonds. The van der Waals surface area contributed by atoms with E-state index in [-0.39, 0.29) is 40.8 Å². The fraction of sp³-hybridized carbons (Fsp3) is 0.481. The number of aryl methyl sites for hydroxylation is 1. The molecule has 1 saturated carbocycles. The number of H-pyrrole nitrogens is 1. The number of methoxy groups -OCH3 is 1. The summed E-state index contributed by atoms with van der Waals surface area (Å²) in [7, 11) is 1.45. The Labute approximate surface area is 225 Å². The van der Waals surface area contributed by atoms with Gasteiger partial charge in [0.25, 0.3) is 5.91 Å². The van der Waals surface area contributed by atoms with Gasteiger partial charge in [-0.1, -0.05) is 0 Å². The molecule has 39 heavy (non-hydrogen) atoms. The van der Waals surface area contributed by atoms with Crippen molar-refractivity contribution in [2.45, 2.75) is 50.6 Å². The van der Waals surface area contributed by atoms with Gasteiger partial charge < -0.3 is 19.9 Å². The first kappa shape index (κ1) is 25.2. The van der Waals surface area contributed by atoms with Gasteiger partial charge in [0.15, 0.2) is 5.82 Å². The molecule has 0 bridgehead atoms. The molecule has 0 aromatic carbocycles. The molecular weight excluding hydrogens is 503 g/mol. The largest absolute Gasteiger partial charge is 0.481 e. The number of hydrogen-bond donors (Lipinski definition) is 2. The van der Waals surface area contributed by atoms with Crippen molar-refractivity contribution in [3.8, 4) is 17.1 Å². The molecule has 1 aliphatic carbocycles. The SMILES string of the molecule is COc1cc(-c2cc(C(=O)N3CC[C@H](C(=O)N[C@H]4CCN(c5ccnc(C)n5)C4)CC34CC4)[nH]n2)c(F)cn1. The Morgan fingerprint density at radius 2 is 2.05 bits per heavy atom. The Kier molecular flexibility index (Phi) is 6.40. The maximum atomic E-state index is 14.4. The van der Waals surface area contributed by atoms with Crippen molar-refractivity contribution in [1.82, 2.24) is 35.4 Å². The van der Waals surface area contributed by atoms with E-state index >= 15 is 0 Å². The number of piperidine rings is 1. The van der Waals surface area contributed by atoms with Crippen LogP contribution in [0.1, 0.15) is 48.4 Å². The van der Waals surface area contributed by atoms with E-state index in [9.17, 15) is 14.0 Å². The van der Waals surface area contributed by atoms with Crippen molar-refractivity contribution in [1.29, 1.82) is 0 Å². The lowest BCUT2D eigenvalue weighted by Gasteiger charge is -2.39. The highest BCUT2D eigenvalue weighted by Gasteiger charge is 2.54. The summed E-state index contributed by atoms with van der Waals surface area (Å²) in [4.78, 5) is 43.2. The summed E-state index contributed by atoms with van der Waals surface area (Å²) < 4.78 is 19.5. The second-order valence-corrected chi connectivity index (χ2v) is 10.6. The summed E-state index contributed by atoms with van der Waals surface area (Å²) in [5.41, 5.74) is 0.487. The predicted octanol–water partition coefficient (Wildman–Crippen LogP) is 2.50. The van der Waals surface area contributed by atoms with Crippen molar-refractivity contribution in [2.75, 3.05) is 31.6 Å². The van der Waals surface area contributed by atoms with Crippen LogP contribution in [-0.2, 0) is 4.79 Å². The first-order chi connectivity index (χ1) is 18.8. The van der Waals surface area contributed by atoms with Crippen molar-refractivity contribution in [2.24, 2.45) is 5.92 Å². The lowest BCUT2D eigenvalue weighted by atomic mass is 9.87. The number of halogens is 1. The quantitative estimate of drug-likeness (QED) is 0.494. The number of ether oxygens (including phenoxy) is 1. The number of carbonyl (C=O) groups is 2. The van der Waals surface area contributed by atoms with Crippen LogP contribution in [0.2, 0.25) is 0 Å². The van der Waals surface area contributed by atoms with Gasteiger partial charge in [-0.2, -0.15) is 5.10 Å². The lowest BCUT2D eigenvalue weighted by molar-refractivity contribution is -0.127. The van der Waals surface area contributed by atoms with Gasteiger partial charge in [-0.05, 0) is 51.2 Å². The zero-order valence-corrected chi connectivity index (χ0v) is 22.0. The van der Waals surface area contributed by atoms with Gasteiger partial charge in [0.2, 0.25) is 11.8 Å². The number of aromatic amines is 1. The second-order valence-electron chi connectivity index (χ2n) is 10.6. The van der Waals surface area contributed by atoms with E-state index in [4.69, 9.17) is 4.74 Å². The Morgan fingerprint density at radius 3 is 2.82 bits per heavy atom. The molecule has 11 nitrogen and oxygen atoms in total. The predicted molar refractivity (Wildman–Crippen MR) is 140 cm³/mol. The fourth-order valence-electron chi connectivity index (χ4n) is 5.82. The van der Waals surface area contributed by atoms with E-state index in [1.165, 1.54) is 13.2 Å². The molecule has 1 spiro atoms. The van der Waals surface area contributed by atoms with Crippen LogP contribution >= 0.6 is 0 Å². The van der Waals surface area contributed by atoms with Crippen LogP contribution in [0.15, 0.2) is 30.6 Å². The third kappa shape index (κ3) is 4.90. The van der Waals surface area contributed by atoms with Gasteiger partial charge in [0.1, 0.15) is 17.3 Å². The number of pyridine rings is 1. The monoisotopic (exact) mass is 534 g/mol. The van der Waals surface area contributed by atoms with E-state index in [0.29, 0.717) is 30.8 Å². The molecule has 204 valence electrons. The molecule has 3 aromatic heterocycles. The van der Waals surface area contributed by atoms with E-state index in [2.05, 4.69) is 35.4 Å². The van der Waals surface area contributed by atoms with E-state index in [1.807, 2.05) is 17.9 Å². The number of nitrogens with zero attached hydrogens (tertiary/aromatic N) is 6. The first-order valence-electron chi connectivity index (χ1n) is 13.3. The second kappa shape index (κ2) is 9.90. The number of likely N-dealkylation sites (tertiary alicyclic amines) is 1. The third-order valence-electron chi connectivity index (χ3n) is 8.09. The minimum Gasteiger partial charge on any atom is -0.481 e. The first-order valence-corrected chi connectivity index (χ1v) is 13.3. The number of carbonyl (C=O) groups excluding carboxylic acids is 2. The summed E-state index contributed by atoms with van der Waals surface area (Å²) >= 11 is 0. The molecule has 2 atom stereocenters. The Bertz CT molecular complexity index is 1410. The van der Waals surface area contributed by atoms with Crippen molar-refractivity contribution in [3.05, 3.63) is 47.9 Å². The minimum absolute atomic E-state index is 0.0602. The maximum absolute atomic E-state index is 14.4. The molecule has 12 heteroatoms. The number of amides is 2. The minimum atomic E-state index is -0.552. The molecule has 3 fully saturated rings. The summed E-state index contributed by atoms with van der Waals surface area (Å²) in [5.74, 6) is 1.06. The van der Waals surface area contributed by atoms with Gasteiger partial charge in [-0.25, -0.2) is 19.3 Å². The van der Waals surface area contributed by atoms with Crippen LogP contribution in [0.3, 0.4) is 0 Å². The lowest BCUT2D eigenvalue weighted by Crippen LogP contribution is -2.52. The van der Waals surface area contributed by atoms with E-state index < -0.39 is 5.82 Å². The normalized spacial score (nSPS) is 21.7. The van der Waals surface area contributed by atoms with Gasteiger partial charge in [0.05, 0.1) is 19.0 Å². The van der Waals surface area contributed by atoms with Crippen molar-refractivity contribution >= 4 is 17.6 Å². The number of hydrogen-bond acceptors (Lipinski definition) is 8. The highest BCUT2D eigenvalue weighted by Crippen LogP contribution is 2.50. The van der Waals surface area contributed by atoms with E-state index in [1.54, 1.807) is 12.3 Å². The topological polar surface area (TPSA) is 129 Å². The van der Waals surface area contributed by atoms with Crippen LogP contribution in [0.5, 0.6) is 5.88 Å². The van der Waals surface area contributed by atoms with Crippen molar-refractivity contribution < 1.29 is 18.7 Å². The maximum Gasteiger partial charge on any atom is 0.272 e. The number of aromatic nitrogens is 5. The number of rotatable bonds is 6. The van der Waals surface area contributed by atoms with Crippen LogP contribution in [0, 0.1) is 18.7 Å². The molecular formula is C27H31FN8O3. The number of nitrogens with one attached hydrogen (secondary N) is 2. The summed E-state index contributed by atoms with van der Waals surface area (Å²) in [6.07, 6.45) is 6.66. The van der Waals surface area contributed by atoms with Crippen molar-refractivity contribution in [3.63, 3.8) is 0 Å². The summed E-state index contributed by atoms with van der Waals surface area (Å²) in [5, 5.41) is 10.2. The number of anilines is 1. The standard InChI is InChI=1S/C27H31FN8O3/c1-16-29-8-3-23(31-16)35-9-5-18(15-35)32-25(37)17-4-10-36(27(13-17)6-7-27)26(38)22-12-21(33-34-22)19-11-24(39-2)30-14-20(19)28/h3,8,11-12,14,17-18H,4-7,9-10,13,15H2,1-2H3,(H,32,37)(H,33,34)/t17-,18-/m0/s1. The molecule has 2 aliphatic heterocycles. The zero-order valence-electron chi connectivity index (χ0n) is 22.0. The Morgan fingerprint density at radius 1 is 1.21 bits per heavy atom. The third-order valence-corrected chi connectivity index (χ3v) is 8.09. The van der Waals surface area contributed by atoms with Crippen LogP contribution in [0.4, 0.5) is 10.2 Å². The smallest absolute Gasteiger partial charge is 0.272 e. The Balaban J connectivity index is 1.08. The highest BCUT2D eigenvalue weighted by molar-refractivity contribution is 5.94. The van der Waals surface area contributed by atoms with Crippen LogP contribution in [0.25, 0.3) is 11.3 Å². The molecule has 3 aromatic rings. The fourth-order valence-corrected chi connectivity index (χ4v) is 5.82. The molecule has 3 aliphatic rings. The highest BCUT2D eigenvalue weighted by atomic mass is 19.1. The summed E-state index contributed by atoms with van der Waals surface area (Å²) in [6.45, 7) is 3.91. The molecule has 2 saturated heterocycles. The average Bonchev–Trinajstić information content (AvgIpc) is 3.31. The van der Waals surface area contributed by atoms with Gasteiger partial charge >= 0.3 is 0 Å². The van der Waals surface area contributed by atoms with Crippen LogP contribution in [-0.4, -0.2) is 80.2 Å². The van der Waals surface area contributed by atoms with Gasteiger partial charge in [-0.15, -0.1) is 0 Å². The Hall–Kier alpha value is -4.09. The van der Waals surface area contributed by atoms with Gasteiger partial charge in [-0.3, -0.25) is 14.7 Å². The van der Waals surface area contributed by atoms with Gasteiger partial charge in [0, 0.05) is 55.0 Å². The molecule has 0 unspecified atom stereocenters. The molecule has 6 rings (SSSR count). The summed E-state index contributed by atoms with van der Waals surface area (Å²) in [6, 6.07) is 4.97. The molecule has 2 N–H and O–H groups in total. The molecule has 0 radical (unpaired) electrons. The molecule has 5 heterocycles. The van der Waals surface area contributed by atoms with Crippen LogP contribution < -0.4 is 15.0 Å².